The molecule has 0 N–H and O–H groups in total. The highest BCUT2D eigenvalue weighted by Crippen LogP contribution is 2.69. The van der Waals surface area contributed by atoms with Gasteiger partial charge in [0.05, 0.1) is 17.1 Å². The Morgan fingerprint density at radius 2 is 1.40 bits per heavy atom. The van der Waals surface area contributed by atoms with E-state index in [0.29, 0.717) is 5.57 Å². The lowest BCUT2D eigenvalue weighted by Gasteiger charge is -2.54. The van der Waals surface area contributed by atoms with E-state index in [1.54, 1.807) is 26.8 Å². The number of carbonyl (C=O) groups is 5. The van der Waals surface area contributed by atoms with E-state index in [0.717, 1.165) is 0 Å². The van der Waals surface area contributed by atoms with Crippen molar-refractivity contribution in [3.8, 4) is 0 Å². The minimum atomic E-state index is -1.47. The minimum Gasteiger partial charge on any atom is -0.462 e. The fourth-order valence-corrected chi connectivity index (χ4v) is 7.59. The van der Waals surface area contributed by atoms with Gasteiger partial charge in [0.15, 0.2) is 17.3 Å². The Balaban J connectivity index is 1.80. The van der Waals surface area contributed by atoms with Crippen molar-refractivity contribution in [1.29, 1.82) is 0 Å². The molecular formula is C28H36O12. The van der Waals surface area contributed by atoms with Crippen molar-refractivity contribution < 1.29 is 57.1 Å². The average molecular weight is 565 g/mol. The van der Waals surface area contributed by atoms with Crippen LogP contribution in [-0.4, -0.2) is 83.3 Å². The number of epoxide rings is 2. The third-order valence-electron chi connectivity index (χ3n) is 9.50. The molecule has 1 spiro atoms. The molecule has 11 atom stereocenters. The Morgan fingerprint density at radius 3 is 1.93 bits per heavy atom. The van der Waals surface area contributed by atoms with E-state index in [9.17, 15) is 24.0 Å². The lowest BCUT2D eigenvalue weighted by Crippen LogP contribution is -2.66. The van der Waals surface area contributed by atoms with E-state index in [1.165, 1.54) is 27.7 Å². The number of rotatable bonds is 4. The molecule has 220 valence electrons. The van der Waals surface area contributed by atoms with Gasteiger partial charge in [-0.25, -0.2) is 4.79 Å². The summed E-state index contributed by atoms with van der Waals surface area (Å²) in [5, 5.41) is 0. The maximum Gasteiger partial charge on any atom is 0.342 e. The summed E-state index contributed by atoms with van der Waals surface area (Å²) in [6.07, 6.45) is -3.39. The molecule has 3 heterocycles. The molecular weight excluding hydrogens is 528 g/mol. The second-order valence-corrected chi connectivity index (χ2v) is 12.1. The van der Waals surface area contributed by atoms with Gasteiger partial charge in [0.25, 0.3) is 0 Å². The number of carbonyl (C=O) groups excluding carboxylic acids is 5. The molecule has 2 aliphatic carbocycles. The van der Waals surface area contributed by atoms with Gasteiger partial charge < -0.3 is 33.2 Å². The molecule has 0 radical (unpaired) electrons. The van der Waals surface area contributed by atoms with Gasteiger partial charge >= 0.3 is 29.8 Å². The molecule has 12 nitrogen and oxygen atoms in total. The van der Waals surface area contributed by atoms with Gasteiger partial charge in [0.1, 0.15) is 24.4 Å². The molecule has 1 saturated carbocycles. The predicted octanol–water partition coefficient (Wildman–Crippen LogP) is 1.70. The molecule has 0 aromatic carbocycles. The van der Waals surface area contributed by atoms with Crippen LogP contribution < -0.4 is 0 Å². The van der Waals surface area contributed by atoms with E-state index >= 15 is 0 Å². The normalized spacial score (nSPS) is 47.9. The quantitative estimate of drug-likeness (QED) is 0.211. The molecule has 3 saturated heterocycles. The minimum absolute atomic E-state index is 0.00835. The summed E-state index contributed by atoms with van der Waals surface area (Å²) in [5.41, 5.74) is -4.62. The molecule has 0 unspecified atom stereocenters. The Hall–Kier alpha value is -2.99. The lowest BCUT2D eigenvalue weighted by atomic mass is 9.53. The summed E-state index contributed by atoms with van der Waals surface area (Å²) in [6.45, 7) is 12.0. The summed E-state index contributed by atoms with van der Waals surface area (Å²) in [6, 6.07) is 0. The van der Waals surface area contributed by atoms with Crippen molar-refractivity contribution >= 4 is 29.8 Å². The maximum absolute atomic E-state index is 13.2. The second kappa shape index (κ2) is 9.01. The van der Waals surface area contributed by atoms with Crippen molar-refractivity contribution in [2.75, 3.05) is 0 Å². The van der Waals surface area contributed by atoms with Crippen molar-refractivity contribution in [2.24, 2.45) is 11.3 Å². The average Bonchev–Trinajstić information content (AvgIpc) is 3.65. The van der Waals surface area contributed by atoms with Crippen LogP contribution in [-0.2, 0) is 57.1 Å². The maximum atomic E-state index is 13.2. The van der Waals surface area contributed by atoms with Gasteiger partial charge in [-0.15, -0.1) is 0 Å². The predicted molar refractivity (Wildman–Crippen MR) is 132 cm³/mol. The third-order valence-corrected chi connectivity index (χ3v) is 9.50. The van der Waals surface area contributed by atoms with Crippen molar-refractivity contribution in [3.63, 3.8) is 0 Å². The van der Waals surface area contributed by atoms with Gasteiger partial charge in [-0.1, -0.05) is 6.92 Å². The van der Waals surface area contributed by atoms with E-state index in [2.05, 4.69) is 0 Å². The first-order valence-electron chi connectivity index (χ1n) is 13.5. The Kier molecular flexibility index (Phi) is 6.42. The lowest BCUT2D eigenvalue weighted by molar-refractivity contribution is -0.215. The number of esters is 5. The van der Waals surface area contributed by atoms with Gasteiger partial charge in [-0.3, -0.25) is 19.2 Å². The monoisotopic (exact) mass is 564 g/mol. The molecule has 40 heavy (non-hydrogen) atoms. The van der Waals surface area contributed by atoms with Crippen molar-refractivity contribution in [1.82, 2.24) is 0 Å². The van der Waals surface area contributed by atoms with Gasteiger partial charge in [0.2, 0.25) is 0 Å². The fourth-order valence-electron chi connectivity index (χ4n) is 7.59. The molecule has 0 amide bonds. The van der Waals surface area contributed by atoms with Gasteiger partial charge in [0, 0.05) is 46.5 Å². The molecule has 5 aliphatic rings. The zero-order valence-electron chi connectivity index (χ0n) is 23.9. The van der Waals surface area contributed by atoms with Crippen LogP contribution in [0, 0.1) is 11.3 Å². The molecule has 5 rings (SSSR count). The Labute approximate surface area is 231 Å². The standard InChI is InChI=1S/C28H36O12/c1-12-9-21-28(27(8,40-28)24(33)38-21)23(37-16(5)32)22-25(6,18(35-14(3)30)10-17(12)34-13(2)29)19(36-15(4)31)11-20-26(22,7)39-20/h9,17-23H,10-11H2,1-8H3/b12-9+/t17-,18+,19+,20+,21+,22-,23+,25+,26+,27-,28-/m1/s1. The summed E-state index contributed by atoms with van der Waals surface area (Å²) in [5.74, 6) is -3.83. The summed E-state index contributed by atoms with van der Waals surface area (Å²) >= 11 is 0. The number of hydrogen-bond acceptors (Lipinski definition) is 12. The first-order chi connectivity index (χ1) is 18.5. The van der Waals surface area contributed by atoms with Gasteiger partial charge in [-0.2, -0.15) is 0 Å². The van der Waals surface area contributed by atoms with Crippen LogP contribution in [0.2, 0.25) is 0 Å². The molecule has 0 aromatic rings. The van der Waals surface area contributed by atoms with Crippen LogP contribution in [0.3, 0.4) is 0 Å². The highest BCUT2D eigenvalue weighted by Gasteiger charge is 2.89. The van der Waals surface area contributed by atoms with Crippen LogP contribution in [0.5, 0.6) is 0 Å². The van der Waals surface area contributed by atoms with Crippen LogP contribution in [0.4, 0.5) is 0 Å². The molecule has 0 aromatic heterocycles. The Morgan fingerprint density at radius 1 is 0.850 bits per heavy atom. The van der Waals surface area contributed by atoms with Gasteiger partial charge in [-0.05, 0) is 32.4 Å². The van der Waals surface area contributed by atoms with E-state index < -0.39 is 88.5 Å². The summed E-state index contributed by atoms with van der Waals surface area (Å²) in [7, 11) is 0. The topological polar surface area (TPSA) is 157 Å². The summed E-state index contributed by atoms with van der Waals surface area (Å²) < 4.78 is 41.8. The third kappa shape index (κ3) is 3.97. The highest BCUT2D eigenvalue weighted by molar-refractivity contribution is 5.89. The summed E-state index contributed by atoms with van der Waals surface area (Å²) in [4.78, 5) is 62.9. The first kappa shape index (κ1) is 28.5. The van der Waals surface area contributed by atoms with E-state index in [4.69, 9.17) is 33.2 Å². The van der Waals surface area contributed by atoms with Crippen molar-refractivity contribution in [3.05, 3.63) is 11.6 Å². The zero-order valence-corrected chi connectivity index (χ0v) is 23.9. The first-order valence-corrected chi connectivity index (χ1v) is 13.5. The van der Waals surface area contributed by atoms with E-state index in [1.807, 2.05) is 6.92 Å². The fraction of sp³-hybridized carbons (Fsp3) is 0.750. The van der Waals surface area contributed by atoms with Crippen LogP contribution >= 0.6 is 0 Å². The highest BCUT2D eigenvalue weighted by atomic mass is 16.7. The smallest absolute Gasteiger partial charge is 0.342 e. The zero-order chi connectivity index (χ0) is 29.6. The molecule has 4 fully saturated rings. The molecule has 0 bridgehead atoms. The van der Waals surface area contributed by atoms with Crippen LogP contribution in [0.25, 0.3) is 0 Å². The SMILES string of the molecule is CC(=O)O[C@H]1C[C@@H]2O[C@]2(C)[C@@H]2[C@H](OC(C)=O)[C@@]34O[C@]3(C)C(=O)O[C@H]4/C=C(\C)[C@H](OC(C)=O)C[C@H](OC(C)=O)[C@@]12C. The number of fused-ring (bicyclic) bond motifs is 3. The Bertz CT molecular complexity index is 1210. The van der Waals surface area contributed by atoms with Crippen LogP contribution in [0.15, 0.2) is 11.6 Å². The second-order valence-electron chi connectivity index (χ2n) is 12.1. The van der Waals surface area contributed by atoms with Crippen molar-refractivity contribution in [2.45, 2.75) is 122 Å². The van der Waals surface area contributed by atoms with Crippen LogP contribution in [0.1, 0.15) is 68.2 Å². The largest absolute Gasteiger partial charge is 0.462 e. The van der Waals surface area contributed by atoms with E-state index in [-0.39, 0.29) is 18.9 Å². The molecule has 12 heteroatoms. The molecule has 3 aliphatic heterocycles. The number of hydrogen-bond donors (Lipinski definition) is 0. The number of ether oxygens (including phenoxy) is 7.